The highest BCUT2D eigenvalue weighted by Crippen LogP contribution is 1.86. The predicted octanol–water partition coefficient (Wildman–Crippen LogP) is 0.979. The minimum atomic E-state index is 0.523. The molecule has 0 aliphatic carbocycles. The van der Waals surface area contributed by atoms with Gasteiger partial charge in [-0.3, -0.25) is 5.09 Å². The summed E-state index contributed by atoms with van der Waals surface area (Å²) < 4.78 is 0. The molecule has 1 unspecified atom stereocenters. The second-order valence-electron chi connectivity index (χ2n) is 1.29. The van der Waals surface area contributed by atoms with Crippen LogP contribution in [0.3, 0.4) is 0 Å². The van der Waals surface area contributed by atoms with Crippen molar-refractivity contribution in [1.29, 1.82) is 0 Å². The Bertz CT molecular complexity index is 26.7. The van der Waals surface area contributed by atoms with Gasteiger partial charge >= 0.3 is 0 Å². The van der Waals surface area contributed by atoms with Gasteiger partial charge in [0, 0.05) is 6.04 Å². The first kappa shape index (κ1) is 6.39. The summed E-state index contributed by atoms with van der Waals surface area (Å²) in [4.78, 5) is 0. The molecule has 0 spiro atoms. The summed E-state index contributed by atoms with van der Waals surface area (Å²) in [5, 5.41) is 2.98. The number of hydrogen-bond donors (Lipinski definition) is 1. The molecule has 1 radical (unpaired) electrons. The first-order chi connectivity index (χ1) is 2.81. The van der Waals surface area contributed by atoms with E-state index in [1.807, 2.05) is 6.92 Å². The molecule has 1 nitrogen and oxygen atoms in total. The van der Waals surface area contributed by atoms with Crippen molar-refractivity contribution in [3.8, 4) is 0 Å². The van der Waals surface area contributed by atoms with Gasteiger partial charge in [-0.1, -0.05) is 16.3 Å². The van der Waals surface area contributed by atoms with Crippen LogP contribution in [-0.4, -0.2) is 6.04 Å². The van der Waals surface area contributed by atoms with Crippen molar-refractivity contribution < 1.29 is 0 Å². The predicted molar refractivity (Wildman–Crippen MR) is 32.3 cm³/mol. The Balaban J connectivity index is 2.75. The van der Waals surface area contributed by atoms with Crippen molar-refractivity contribution in [3.63, 3.8) is 0 Å². The van der Waals surface area contributed by atoms with Crippen LogP contribution >= 0.6 is 9.39 Å². The molecule has 6 heavy (non-hydrogen) atoms. The molecule has 0 aliphatic heterocycles. The number of hydrogen-bond acceptors (Lipinski definition) is 1. The zero-order valence-corrected chi connectivity index (χ0v) is 5.39. The third-order valence-corrected chi connectivity index (χ3v) is 1.29. The Morgan fingerprint density at radius 3 is 2.33 bits per heavy atom. The molecule has 2 atom stereocenters. The Labute approximate surface area is 41.8 Å². The van der Waals surface area contributed by atoms with Crippen molar-refractivity contribution in [3.05, 3.63) is 6.42 Å². The van der Waals surface area contributed by atoms with Gasteiger partial charge < -0.3 is 0 Å². The van der Waals surface area contributed by atoms with E-state index < -0.39 is 0 Å². The van der Waals surface area contributed by atoms with Crippen molar-refractivity contribution in [2.75, 3.05) is 0 Å². The first-order valence-electron chi connectivity index (χ1n) is 2.07. The van der Waals surface area contributed by atoms with Crippen molar-refractivity contribution in [2.45, 2.75) is 19.9 Å². The normalized spacial score (nSPS) is 14.5. The lowest BCUT2D eigenvalue weighted by molar-refractivity contribution is 0.792. The molecule has 0 bridgehead atoms. The van der Waals surface area contributed by atoms with Gasteiger partial charge in [-0.25, -0.2) is 0 Å². The molecule has 0 aromatic rings. The second kappa shape index (κ2) is 3.58. The lowest BCUT2D eigenvalue weighted by Crippen LogP contribution is -2.13. The van der Waals surface area contributed by atoms with Gasteiger partial charge in [0.05, 0.1) is 0 Å². The molecule has 0 saturated heterocycles. The molecular weight excluding hydrogens is 93.0 g/mol. The summed E-state index contributed by atoms with van der Waals surface area (Å²) in [6, 6.07) is 0.523. The lowest BCUT2D eigenvalue weighted by atomic mass is 10.3. The third-order valence-electron chi connectivity index (χ3n) is 0.763. The van der Waals surface area contributed by atoms with E-state index in [0.717, 1.165) is 0 Å². The van der Waals surface area contributed by atoms with Crippen LogP contribution in [0.15, 0.2) is 0 Å². The van der Waals surface area contributed by atoms with Gasteiger partial charge in [0.25, 0.3) is 0 Å². The first-order valence-corrected chi connectivity index (χ1v) is 2.64. The van der Waals surface area contributed by atoms with Gasteiger partial charge in [0.15, 0.2) is 0 Å². The average molecular weight is 104 g/mol. The maximum Gasteiger partial charge on any atom is 0.00992 e. The molecule has 0 aliphatic rings. The highest BCUT2D eigenvalue weighted by molar-refractivity contribution is 7.13. The molecule has 0 heterocycles. The van der Waals surface area contributed by atoms with E-state index in [1.165, 1.54) is 0 Å². The molecule has 0 aromatic carbocycles. The van der Waals surface area contributed by atoms with Gasteiger partial charge in [0.1, 0.15) is 0 Å². The van der Waals surface area contributed by atoms with Crippen LogP contribution < -0.4 is 5.09 Å². The van der Waals surface area contributed by atoms with E-state index in [2.05, 4.69) is 27.8 Å². The van der Waals surface area contributed by atoms with E-state index in [9.17, 15) is 0 Å². The highest BCUT2D eigenvalue weighted by Gasteiger charge is 1.87. The van der Waals surface area contributed by atoms with Crippen LogP contribution in [0.4, 0.5) is 0 Å². The van der Waals surface area contributed by atoms with Gasteiger partial charge in [-0.05, 0) is 13.3 Å². The molecule has 0 amide bonds. The summed E-state index contributed by atoms with van der Waals surface area (Å²) >= 11 is 0. The quantitative estimate of drug-likeness (QED) is 0.515. The molecule has 0 aromatic heterocycles. The van der Waals surface area contributed by atoms with Crippen molar-refractivity contribution in [2.24, 2.45) is 0 Å². The molecule has 0 fully saturated rings. The maximum absolute atomic E-state index is 2.98. The van der Waals surface area contributed by atoms with E-state index >= 15 is 0 Å². The molecule has 2 heteroatoms. The summed E-state index contributed by atoms with van der Waals surface area (Å²) in [7, 11) is 2.46. The van der Waals surface area contributed by atoms with Gasteiger partial charge in [-0.15, -0.1) is 0 Å². The molecule has 0 saturated carbocycles. The summed E-state index contributed by atoms with van der Waals surface area (Å²) in [6.07, 6.45) is 2.09. The van der Waals surface area contributed by atoms with E-state index in [4.69, 9.17) is 0 Å². The molecule has 37 valence electrons. The largest absolute Gasteiger partial charge is 0.298 e. The van der Waals surface area contributed by atoms with E-state index in [1.54, 1.807) is 0 Å². The number of nitrogens with one attached hydrogen (secondary N) is 1. The van der Waals surface area contributed by atoms with Crippen molar-refractivity contribution in [1.82, 2.24) is 5.09 Å². The average Bonchev–Trinajstić information content (AvgIpc) is 1.65. The fraction of sp³-hybridized carbons (Fsp3) is 0.750. The van der Waals surface area contributed by atoms with Crippen molar-refractivity contribution >= 4 is 9.39 Å². The van der Waals surface area contributed by atoms with Crippen LogP contribution in [0.5, 0.6) is 0 Å². The highest BCUT2D eigenvalue weighted by atomic mass is 31.0. The monoisotopic (exact) mass is 104 g/mol. The number of rotatable bonds is 2. The van der Waals surface area contributed by atoms with Crippen LogP contribution in [0.2, 0.25) is 0 Å². The Hall–Kier alpha value is 0.390. The van der Waals surface area contributed by atoms with Crippen LogP contribution in [0.25, 0.3) is 0 Å². The third kappa shape index (κ3) is 2.62. The second-order valence-corrected chi connectivity index (χ2v) is 1.62. The Morgan fingerprint density at radius 1 is 1.83 bits per heavy atom. The Morgan fingerprint density at radius 2 is 2.33 bits per heavy atom. The van der Waals surface area contributed by atoms with E-state index in [-0.39, 0.29) is 0 Å². The van der Waals surface area contributed by atoms with E-state index in [0.29, 0.717) is 6.04 Å². The summed E-state index contributed by atoms with van der Waals surface area (Å²) in [5.74, 6) is 0. The van der Waals surface area contributed by atoms with Crippen LogP contribution in [0.1, 0.15) is 13.8 Å². The zero-order valence-electron chi connectivity index (χ0n) is 4.23. The topological polar surface area (TPSA) is 12.0 Å². The summed E-state index contributed by atoms with van der Waals surface area (Å²) in [5.41, 5.74) is 0. The standard InChI is InChI=1S/C4H11NP/c1-3-4(2)5-6/h3-5H,6H2,1-2H3/t4-/m0/s1. The van der Waals surface area contributed by atoms with Gasteiger partial charge in [-0.2, -0.15) is 0 Å². The minimum Gasteiger partial charge on any atom is -0.298 e. The summed E-state index contributed by atoms with van der Waals surface area (Å²) in [6.45, 7) is 4.12. The fourth-order valence-corrected chi connectivity index (χ4v) is 0.289. The fourth-order valence-electron chi connectivity index (χ4n) is 0.0962. The van der Waals surface area contributed by atoms with Gasteiger partial charge in [0.2, 0.25) is 0 Å². The van der Waals surface area contributed by atoms with Crippen LogP contribution in [0, 0.1) is 6.42 Å². The molecule has 1 N–H and O–H groups in total. The zero-order chi connectivity index (χ0) is 4.99. The smallest absolute Gasteiger partial charge is 0.00992 e. The molecular formula is C4H11NP. The molecule has 0 rings (SSSR count). The Kier molecular flexibility index (Phi) is 3.81. The lowest BCUT2D eigenvalue weighted by Gasteiger charge is -2.01. The van der Waals surface area contributed by atoms with Crippen LogP contribution in [-0.2, 0) is 0 Å². The maximum atomic E-state index is 2.98. The SMILES string of the molecule is C[CH][C@H](C)NP. The minimum absolute atomic E-state index is 0.523.